The molecule has 0 spiro atoms. The van der Waals surface area contributed by atoms with Gasteiger partial charge in [-0.15, -0.1) is 6.58 Å². The highest BCUT2D eigenvalue weighted by atomic mass is 16.3. The Balaban J connectivity index is 1.39. The third kappa shape index (κ3) is 3.60. The summed E-state index contributed by atoms with van der Waals surface area (Å²) in [4.78, 5) is 4.57. The summed E-state index contributed by atoms with van der Waals surface area (Å²) in [6.07, 6.45) is 5.72. The zero-order chi connectivity index (χ0) is 25.0. The lowest BCUT2D eigenvalue weighted by Gasteiger charge is -2.58. The van der Waals surface area contributed by atoms with Crippen LogP contribution in [0.15, 0.2) is 104 Å². The monoisotopic (exact) mass is 485 g/mol. The molecule has 3 nitrogen and oxygen atoms in total. The number of pyridine rings is 1. The van der Waals surface area contributed by atoms with Crippen molar-refractivity contribution in [2.45, 2.75) is 31.5 Å². The van der Waals surface area contributed by atoms with Crippen LogP contribution in [-0.4, -0.2) is 33.7 Å². The molecule has 1 N–H and O–H groups in total. The van der Waals surface area contributed by atoms with Gasteiger partial charge in [0.1, 0.15) is 18.7 Å². The van der Waals surface area contributed by atoms with Crippen molar-refractivity contribution in [3.8, 4) is 0 Å². The summed E-state index contributed by atoms with van der Waals surface area (Å²) in [7, 11) is 0. The second-order valence-corrected chi connectivity index (χ2v) is 11.2. The molecule has 0 saturated carbocycles. The Morgan fingerprint density at radius 2 is 1.59 bits per heavy atom. The van der Waals surface area contributed by atoms with E-state index in [2.05, 4.69) is 78.3 Å². The fourth-order valence-corrected chi connectivity index (χ4v) is 7.56. The number of para-hydroxylation sites is 1. The van der Waals surface area contributed by atoms with Gasteiger partial charge in [0.2, 0.25) is 0 Å². The molecule has 3 aliphatic heterocycles. The molecular weight excluding hydrogens is 452 g/mol. The fourth-order valence-electron chi connectivity index (χ4n) is 7.56. The van der Waals surface area contributed by atoms with E-state index in [4.69, 9.17) is 0 Å². The lowest BCUT2D eigenvalue weighted by molar-refractivity contribution is -0.984. The van der Waals surface area contributed by atoms with Crippen LogP contribution in [0.1, 0.15) is 30.1 Å². The molecule has 3 saturated heterocycles. The Bertz CT molecular complexity index is 1580. The number of hydrogen-bond donors (Lipinski definition) is 1. The minimum absolute atomic E-state index is 0.137. The summed E-state index contributed by atoms with van der Waals surface area (Å²) in [6, 6.07) is 30.3. The van der Waals surface area contributed by atoms with Crippen molar-refractivity contribution in [1.29, 1.82) is 0 Å². The lowest BCUT2D eigenvalue weighted by Crippen LogP contribution is -2.67. The van der Waals surface area contributed by atoms with Gasteiger partial charge < -0.3 is 9.59 Å². The number of benzene rings is 4. The molecule has 4 unspecified atom stereocenters. The maximum atomic E-state index is 12.1. The van der Waals surface area contributed by atoms with Crippen molar-refractivity contribution in [1.82, 2.24) is 4.98 Å². The highest BCUT2D eigenvalue weighted by molar-refractivity contribution is 6.02. The molecule has 3 heteroatoms. The van der Waals surface area contributed by atoms with Gasteiger partial charge in [0, 0.05) is 35.9 Å². The first-order valence-electron chi connectivity index (χ1n) is 13.6. The SMILES string of the molecule is C=CC1C[N+]2(Cc3c4ccccc4cc4ccccc34)CCC1CC2[C@@H](O)c1ccnc2ccccc12. The summed E-state index contributed by atoms with van der Waals surface area (Å²) in [5.41, 5.74) is 3.37. The lowest BCUT2D eigenvalue weighted by atomic mass is 9.71. The number of quaternary nitrogens is 1. The highest BCUT2D eigenvalue weighted by Crippen LogP contribution is 2.49. The molecule has 5 atom stereocenters. The summed E-state index contributed by atoms with van der Waals surface area (Å²) >= 11 is 0. The quantitative estimate of drug-likeness (QED) is 0.162. The molecule has 3 aliphatic rings. The number of aliphatic hydroxyl groups is 1. The van der Waals surface area contributed by atoms with Crippen LogP contribution in [0.2, 0.25) is 0 Å². The second kappa shape index (κ2) is 8.79. The molecule has 2 bridgehead atoms. The summed E-state index contributed by atoms with van der Waals surface area (Å²) in [5, 5.41) is 18.4. The number of aromatic nitrogens is 1. The molecule has 0 radical (unpaired) electrons. The topological polar surface area (TPSA) is 33.1 Å². The molecule has 0 aliphatic carbocycles. The third-order valence-electron chi connectivity index (χ3n) is 9.40. The number of piperidine rings is 3. The van der Waals surface area contributed by atoms with Crippen LogP contribution in [0.4, 0.5) is 0 Å². The van der Waals surface area contributed by atoms with Crippen LogP contribution in [0, 0.1) is 11.8 Å². The van der Waals surface area contributed by atoms with Gasteiger partial charge in [-0.05, 0) is 51.2 Å². The Kier molecular flexibility index (Phi) is 5.38. The smallest absolute Gasteiger partial charge is 0.131 e. The predicted molar refractivity (Wildman–Crippen MR) is 152 cm³/mol. The van der Waals surface area contributed by atoms with Gasteiger partial charge in [-0.3, -0.25) is 4.98 Å². The summed E-state index contributed by atoms with van der Waals surface area (Å²) in [6.45, 7) is 7.28. The van der Waals surface area contributed by atoms with Crippen molar-refractivity contribution in [3.63, 3.8) is 0 Å². The van der Waals surface area contributed by atoms with E-state index >= 15 is 0 Å². The summed E-state index contributed by atoms with van der Waals surface area (Å²) < 4.78 is 0.906. The van der Waals surface area contributed by atoms with Crippen molar-refractivity contribution in [3.05, 3.63) is 115 Å². The van der Waals surface area contributed by atoms with E-state index in [0.717, 1.165) is 47.0 Å². The van der Waals surface area contributed by atoms with Crippen LogP contribution < -0.4 is 0 Å². The fraction of sp³-hybridized carbons (Fsp3) is 0.265. The van der Waals surface area contributed by atoms with Crippen molar-refractivity contribution >= 4 is 32.4 Å². The van der Waals surface area contributed by atoms with Gasteiger partial charge in [-0.25, -0.2) is 0 Å². The summed E-state index contributed by atoms with van der Waals surface area (Å²) in [5.74, 6) is 1.09. The maximum absolute atomic E-state index is 12.1. The van der Waals surface area contributed by atoms with Crippen LogP contribution in [0.3, 0.4) is 0 Å². The molecular formula is C34H33N2O+. The number of rotatable bonds is 5. The molecule has 4 heterocycles. The Labute approximate surface area is 218 Å². The van der Waals surface area contributed by atoms with E-state index in [-0.39, 0.29) is 6.04 Å². The molecule has 4 aromatic carbocycles. The molecule has 3 fully saturated rings. The van der Waals surface area contributed by atoms with Gasteiger partial charge in [-0.1, -0.05) is 72.8 Å². The predicted octanol–water partition coefficient (Wildman–Crippen LogP) is 7.19. The van der Waals surface area contributed by atoms with Crippen molar-refractivity contribution in [2.24, 2.45) is 11.8 Å². The van der Waals surface area contributed by atoms with Gasteiger partial charge in [-0.2, -0.15) is 0 Å². The first-order chi connectivity index (χ1) is 18.2. The first kappa shape index (κ1) is 22.7. The Morgan fingerprint density at radius 3 is 2.32 bits per heavy atom. The van der Waals surface area contributed by atoms with Gasteiger partial charge in [0.05, 0.1) is 18.6 Å². The van der Waals surface area contributed by atoms with E-state index < -0.39 is 6.10 Å². The minimum Gasteiger partial charge on any atom is -0.382 e. The maximum Gasteiger partial charge on any atom is 0.131 e. The molecule has 37 heavy (non-hydrogen) atoms. The first-order valence-corrected chi connectivity index (χ1v) is 13.6. The van der Waals surface area contributed by atoms with E-state index in [1.807, 2.05) is 30.5 Å². The van der Waals surface area contributed by atoms with E-state index in [1.54, 1.807) is 0 Å². The Morgan fingerprint density at radius 1 is 0.919 bits per heavy atom. The Hall–Kier alpha value is -3.53. The average Bonchev–Trinajstić information content (AvgIpc) is 2.96. The minimum atomic E-state index is -0.539. The molecule has 184 valence electrons. The number of aliphatic hydroxyl groups excluding tert-OH is 1. The zero-order valence-corrected chi connectivity index (χ0v) is 21.1. The van der Waals surface area contributed by atoms with Crippen LogP contribution in [0.5, 0.6) is 0 Å². The molecule has 1 aromatic heterocycles. The average molecular weight is 486 g/mol. The van der Waals surface area contributed by atoms with E-state index in [1.165, 1.54) is 33.5 Å². The van der Waals surface area contributed by atoms with Crippen molar-refractivity contribution in [2.75, 3.05) is 13.1 Å². The number of nitrogens with zero attached hydrogens (tertiary/aromatic N) is 2. The largest absolute Gasteiger partial charge is 0.382 e. The number of fused-ring (bicyclic) bond motifs is 6. The van der Waals surface area contributed by atoms with Crippen LogP contribution in [0.25, 0.3) is 32.4 Å². The third-order valence-corrected chi connectivity index (χ3v) is 9.40. The van der Waals surface area contributed by atoms with Crippen LogP contribution in [-0.2, 0) is 6.54 Å². The van der Waals surface area contributed by atoms with Gasteiger partial charge in [0.15, 0.2) is 0 Å². The second-order valence-electron chi connectivity index (χ2n) is 11.2. The normalized spacial score (nSPS) is 26.0. The number of hydrogen-bond acceptors (Lipinski definition) is 2. The van der Waals surface area contributed by atoms with Crippen LogP contribution >= 0.6 is 0 Å². The molecule has 0 amide bonds. The van der Waals surface area contributed by atoms with Gasteiger partial charge >= 0.3 is 0 Å². The van der Waals surface area contributed by atoms with E-state index in [9.17, 15) is 5.11 Å². The van der Waals surface area contributed by atoms with Crippen molar-refractivity contribution < 1.29 is 9.59 Å². The van der Waals surface area contributed by atoms with Gasteiger partial charge in [0.25, 0.3) is 0 Å². The molecule has 8 rings (SSSR count). The molecule has 5 aromatic rings. The standard InChI is InChI=1S/C34H33N2O/c1-2-23-21-36(22-31-27-11-5-3-9-25(27)19-26-10-4-6-12-28(26)31)18-16-24(23)20-33(36)34(37)30-15-17-35-32-14-8-7-13-29(30)32/h2-15,17,19,23-24,33-34,37H,1,16,18,20-22H2/q+1/t23?,24?,33?,34-,36?/m0/s1. The van der Waals surface area contributed by atoms with E-state index in [0.29, 0.717) is 11.8 Å². The zero-order valence-electron chi connectivity index (χ0n) is 21.1. The highest BCUT2D eigenvalue weighted by Gasteiger charge is 2.54.